The molecular weight excluding hydrogens is 360 g/mol. The van der Waals surface area contributed by atoms with Gasteiger partial charge in [0.1, 0.15) is 0 Å². The van der Waals surface area contributed by atoms with Crippen molar-refractivity contribution >= 4 is 18.1 Å². The second kappa shape index (κ2) is 9.04. The highest BCUT2D eigenvalue weighted by Crippen LogP contribution is 2.28. The molecule has 3 aromatic rings. The summed E-state index contributed by atoms with van der Waals surface area (Å²) in [7, 11) is 1.46. The number of rotatable bonds is 6. The maximum absolute atomic E-state index is 12.2. The minimum absolute atomic E-state index is 0.257. The van der Waals surface area contributed by atoms with Gasteiger partial charge in [-0.3, -0.25) is 14.8 Å². The standard InChI is InChI=1S/C20H16N4O4/c1-27-18-10-14(11-23-24-19(25)15-4-2-8-21-12-15)6-7-17(18)28-20(26)16-5-3-9-22-13-16/h2-13H,1H3,(H,24,25)/b23-11-. The first-order valence-electron chi connectivity index (χ1n) is 8.21. The Hall–Kier alpha value is -4.07. The number of pyridine rings is 2. The van der Waals surface area contributed by atoms with E-state index in [1.807, 2.05) is 0 Å². The zero-order valence-corrected chi connectivity index (χ0v) is 14.9. The molecule has 2 aromatic heterocycles. The second-order valence-corrected chi connectivity index (χ2v) is 5.48. The number of aromatic nitrogens is 2. The summed E-state index contributed by atoms with van der Waals surface area (Å²) in [6.07, 6.45) is 7.46. The lowest BCUT2D eigenvalue weighted by Gasteiger charge is -2.09. The number of carbonyl (C=O) groups excluding carboxylic acids is 2. The molecule has 0 radical (unpaired) electrons. The molecule has 0 aliphatic carbocycles. The van der Waals surface area contributed by atoms with Crippen LogP contribution in [-0.4, -0.2) is 35.2 Å². The zero-order valence-electron chi connectivity index (χ0n) is 14.9. The van der Waals surface area contributed by atoms with E-state index < -0.39 is 5.97 Å². The van der Waals surface area contributed by atoms with Crippen LogP contribution >= 0.6 is 0 Å². The van der Waals surface area contributed by atoms with Crippen LogP contribution in [0.4, 0.5) is 0 Å². The van der Waals surface area contributed by atoms with Gasteiger partial charge in [-0.15, -0.1) is 0 Å². The lowest BCUT2D eigenvalue weighted by Crippen LogP contribution is -2.17. The van der Waals surface area contributed by atoms with Gasteiger partial charge in [-0.25, -0.2) is 10.2 Å². The molecule has 3 rings (SSSR count). The van der Waals surface area contributed by atoms with Gasteiger partial charge in [-0.2, -0.15) is 5.10 Å². The van der Waals surface area contributed by atoms with E-state index in [1.54, 1.807) is 54.9 Å². The molecule has 140 valence electrons. The molecule has 2 heterocycles. The molecule has 1 N–H and O–H groups in total. The second-order valence-electron chi connectivity index (χ2n) is 5.48. The van der Waals surface area contributed by atoms with E-state index in [1.165, 1.54) is 25.7 Å². The molecule has 0 saturated carbocycles. The van der Waals surface area contributed by atoms with Crippen LogP contribution < -0.4 is 14.9 Å². The predicted octanol–water partition coefficient (Wildman–Crippen LogP) is 2.47. The number of nitrogens with zero attached hydrogens (tertiary/aromatic N) is 3. The Balaban J connectivity index is 1.67. The third-order valence-electron chi connectivity index (χ3n) is 3.59. The summed E-state index contributed by atoms with van der Waals surface area (Å²) < 4.78 is 10.6. The fourth-order valence-corrected chi connectivity index (χ4v) is 2.22. The molecule has 0 unspecified atom stereocenters. The Labute approximate surface area is 160 Å². The minimum atomic E-state index is -0.545. The summed E-state index contributed by atoms with van der Waals surface area (Å²) >= 11 is 0. The minimum Gasteiger partial charge on any atom is -0.493 e. The maximum atomic E-state index is 12.2. The summed E-state index contributed by atoms with van der Waals surface area (Å²) in [5, 5.41) is 3.91. The number of carbonyl (C=O) groups is 2. The molecule has 0 aliphatic heterocycles. The Morgan fingerprint density at radius 3 is 2.36 bits per heavy atom. The van der Waals surface area contributed by atoms with Crippen LogP contribution in [0.2, 0.25) is 0 Å². The van der Waals surface area contributed by atoms with Gasteiger partial charge in [0.25, 0.3) is 5.91 Å². The van der Waals surface area contributed by atoms with Crippen LogP contribution in [0.5, 0.6) is 11.5 Å². The van der Waals surface area contributed by atoms with Crippen molar-refractivity contribution in [3.05, 3.63) is 83.9 Å². The number of methoxy groups -OCH3 is 1. The zero-order chi connectivity index (χ0) is 19.8. The highest BCUT2D eigenvalue weighted by Gasteiger charge is 2.12. The molecule has 1 amide bonds. The van der Waals surface area contributed by atoms with Gasteiger partial charge >= 0.3 is 5.97 Å². The molecule has 0 atom stereocenters. The number of esters is 1. The molecular formula is C20H16N4O4. The van der Waals surface area contributed by atoms with Crippen molar-refractivity contribution in [1.29, 1.82) is 0 Å². The molecule has 0 saturated heterocycles. The average molecular weight is 376 g/mol. The average Bonchev–Trinajstić information content (AvgIpc) is 2.75. The van der Waals surface area contributed by atoms with Crippen LogP contribution in [0.25, 0.3) is 0 Å². The van der Waals surface area contributed by atoms with Crippen molar-refractivity contribution in [3.63, 3.8) is 0 Å². The van der Waals surface area contributed by atoms with Gasteiger partial charge in [0, 0.05) is 24.8 Å². The van der Waals surface area contributed by atoms with Crippen molar-refractivity contribution in [2.45, 2.75) is 0 Å². The van der Waals surface area contributed by atoms with E-state index >= 15 is 0 Å². The molecule has 8 heteroatoms. The number of hydrogen-bond donors (Lipinski definition) is 1. The number of nitrogens with one attached hydrogen (secondary N) is 1. The summed E-state index contributed by atoms with van der Waals surface area (Å²) in [6, 6.07) is 11.4. The van der Waals surface area contributed by atoms with Gasteiger partial charge in [0.2, 0.25) is 0 Å². The summed E-state index contributed by atoms with van der Waals surface area (Å²) in [6.45, 7) is 0. The molecule has 28 heavy (non-hydrogen) atoms. The Morgan fingerprint density at radius 2 is 1.71 bits per heavy atom. The third-order valence-corrected chi connectivity index (χ3v) is 3.59. The van der Waals surface area contributed by atoms with Crippen LogP contribution in [-0.2, 0) is 0 Å². The van der Waals surface area contributed by atoms with Crippen molar-refractivity contribution in [3.8, 4) is 11.5 Å². The number of amides is 1. The van der Waals surface area contributed by atoms with Crippen molar-refractivity contribution in [1.82, 2.24) is 15.4 Å². The number of ether oxygens (including phenoxy) is 2. The number of hydrazone groups is 1. The summed E-state index contributed by atoms with van der Waals surface area (Å²) in [5.41, 5.74) is 3.78. The molecule has 8 nitrogen and oxygen atoms in total. The monoisotopic (exact) mass is 376 g/mol. The first-order valence-corrected chi connectivity index (χ1v) is 8.21. The van der Waals surface area contributed by atoms with Crippen LogP contribution in [0.1, 0.15) is 26.3 Å². The van der Waals surface area contributed by atoms with Gasteiger partial charge in [0.15, 0.2) is 11.5 Å². The molecule has 0 aliphatic rings. The highest BCUT2D eigenvalue weighted by molar-refractivity contribution is 5.94. The van der Waals surface area contributed by atoms with E-state index in [4.69, 9.17) is 9.47 Å². The molecule has 0 fully saturated rings. The van der Waals surface area contributed by atoms with Crippen molar-refractivity contribution < 1.29 is 19.1 Å². The summed E-state index contributed by atoms with van der Waals surface area (Å²) in [5.74, 6) is -0.317. The largest absolute Gasteiger partial charge is 0.493 e. The van der Waals surface area contributed by atoms with Gasteiger partial charge in [-0.1, -0.05) is 0 Å². The SMILES string of the molecule is COc1cc(/C=N\NC(=O)c2cccnc2)ccc1OC(=O)c1cccnc1. The Morgan fingerprint density at radius 1 is 1.00 bits per heavy atom. The lowest BCUT2D eigenvalue weighted by atomic mass is 10.2. The lowest BCUT2D eigenvalue weighted by molar-refractivity contribution is 0.0729. The van der Waals surface area contributed by atoms with E-state index in [0.29, 0.717) is 22.4 Å². The van der Waals surface area contributed by atoms with E-state index in [0.717, 1.165) is 0 Å². The highest BCUT2D eigenvalue weighted by atomic mass is 16.6. The van der Waals surface area contributed by atoms with Gasteiger partial charge < -0.3 is 9.47 Å². The van der Waals surface area contributed by atoms with Gasteiger partial charge in [0.05, 0.1) is 24.5 Å². The molecule has 0 spiro atoms. The first kappa shape index (κ1) is 18.7. The van der Waals surface area contributed by atoms with E-state index in [-0.39, 0.29) is 11.7 Å². The summed E-state index contributed by atoms with van der Waals surface area (Å²) in [4.78, 5) is 31.8. The first-order chi connectivity index (χ1) is 13.7. The van der Waals surface area contributed by atoms with Gasteiger partial charge in [-0.05, 0) is 48.0 Å². The smallest absolute Gasteiger partial charge is 0.345 e. The Bertz CT molecular complexity index is 992. The third kappa shape index (κ3) is 4.76. The van der Waals surface area contributed by atoms with E-state index in [9.17, 15) is 9.59 Å². The quantitative estimate of drug-likeness (QED) is 0.307. The molecule has 0 bridgehead atoms. The normalized spacial score (nSPS) is 10.5. The van der Waals surface area contributed by atoms with Crippen LogP contribution in [0, 0.1) is 0 Å². The van der Waals surface area contributed by atoms with Crippen molar-refractivity contribution in [2.75, 3.05) is 7.11 Å². The predicted molar refractivity (Wildman–Crippen MR) is 101 cm³/mol. The topological polar surface area (TPSA) is 103 Å². The van der Waals surface area contributed by atoms with Crippen LogP contribution in [0.15, 0.2) is 72.4 Å². The fourth-order valence-electron chi connectivity index (χ4n) is 2.22. The molecule has 1 aromatic carbocycles. The van der Waals surface area contributed by atoms with Crippen molar-refractivity contribution in [2.24, 2.45) is 5.10 Å². The number of benzene rings is 1. The van der Waals surface area contributed by atoms with Crippen LogP contribution in [0.3, 0.4) is 0 Å². The number of hydrogen-bond acceptors (Lipinski definition) is 7. The fraction of sp³-hybridized carbons (Fsp3) is 0.0500. The van der Waals surface area contributed by atoms with E-state index in [2.05, 4.69) is 20.5 Å². The Kier molecular flexibility index (Phi) is 6.04. The maximum Gasteiger partial charge on any atom is 0.345 e.